The summed E-state index contributed by atoms with van der Waals surface area (Å²) < 4.78 is 37.5. The van der Waals surface area contributed by atoms with Gasteiger partial charge < -0.3 is 14.7 Å². The first-order valence-corrected chi connectivity index (χ1v) is 7.74. The zero-order chi connectivity index (χ0) is 17.7. The van der Waals surface area contributed by atoms with Crippen LogP contribution in [0.15, 0.2) is 24.3 Å². The second-order valence-corrected chi connectivity index (χ2v) is 5.61. The summed E-state index contributed by atoms with van der Waals surface area (Å²) in [6, 6.07) is 6.54. The summed E-state index contributed by atoms with van der Waals surface area (Å²) >= 11 is 0. The number of rotatable bonds is 5. The fourth-order valence-electron chi connectivity index (χ4n) is 2.63. The zero-order valence-electron chi connectivity index (χ0n) is 13.4. The van der Waals surface area contributed by atoms with E-state index in [1.54, 1.807) is 29.2 Å². The first-order chi connectivity index (χ1) is 11.3. The van der Waals surface area contributed by atoms with Gasteiger partial charge in [0.25, 0.3) is 5.91 Å². The van der Waals surface area contributed by atoms with Crippen LogP contribution >= 0.6 is 0 Å². The summed E-state index contributed by atoms with van der Waals surface area (Å²) in [5.41, 5.74) is 1.12. The van der Waals surface area contributed by atoms with Gasteiger partial charge in [-0.1, -0.05) is 0 Å². The van der Waals surface area contributed by atoms with Crippen LogP contribution in [0.3, 0.4) is 0 Å². The fraction of sp³-hybridized carbons (Fsp3) is 0.500. The Morgan fingerprint density at radius 2 is 1.75 bits per heavy atom. The van der Waals surface area contributed by atoms with Gasteiger partial charge in [0.15, 0.2) is 0 Å². The minimum Gasteiger partial charge on any atom is -0.368 e. The van der Waals surface area contributed by atoms with Gasteiger partial charge >= 0.3 is 6.18 Å². The molecule has 1 aromatic carbocycles. The molecule has 1 fully saturated rings. The highest BCUT2D eigenvalue weighted by molar-refractivity contribution is 5.94. The molecule has 1 aliphatic heterocycles. The summed E-state index contributed by atoms with van der Waals surface area (Å²) in [4.78, 5) is 27.4. The quantitative estimate of drug-likeness (QED) is 0.768. The van der Waals surface area contributed by atoms with Gasteiger partial charge in [-0.2, -0.15) is 13.2 Å². The van der Waals surface area contributed by atoms with Gasteiger partial charge in [-0.3, -0.25) is 9.59 Å². The van der Waals surface area contributed by atoms with E-state index in [4.69, 9.17) is 0 Å². The van der Waals surface area contributed by atoms with Gasteiger partial charge in [-0.15, -0.1) is 0 Å². The van der Waals surface area contributed by atoms with Crippen LogP contribution < -0.4 is 4.90 Å². The van der Waals surface area contributed by atoms with E-state index in [0.717, 1.165) is 17.0 Å². The highest BCUT2D eigenvalue weighted by Crippen LogP contribution is 2.20. The number of hydrogen-bond acceptors (Lipinski definition) is 3. The number of amides is 2. The summed E-state index contributed by atoms with van der Waals surface area (Å²) in [6.07, 6.45) is -3.59. The number of alkyl halides is 3. The number of hydrogen-bond donors (Lipinski definition) is 0. The average Bonchev–Trinajstić information content (AvgIpc) is 2.58. The molecule has 1 aromatic rings. The molecule has 0 saturated carbocycles. The van der Waals surface area contributed by atoms with Crippen molar-refractivity contribution in [2.24, 2.45) is 0 Å². The van der Waals surface area contributed by atoms with E-state index in [2.05, 4.69) is 4.90 Å². The Kier molecular flexibility index (Phi) is 5.69. The summed E-state index contributed by atoms with van der Waals surface area (Å²) in [6.45, 7) is 2.87. The molecule has 2 rings (SSSR count). The Hall–Kier alpha value is -2.25. The molecule has 1 aliphatic rings. The van der Waals surface area contributed by atoms with Crippen LogP contribution in [0.1, 0.15) is 17.3 Å². The highest BCUT2D eigenvalue weighted by atomic mass is 19.4. The number of benzene rings is 1. The van der Waals surface area contributed by atoms with E-state index in [9.17, 15) is 22.8 Å². The largest absolute Gasteiger partial charge is 0.406 e. The highest BCUT2D eigenvalue weighted by Gasteiger charge is 2.32. The molecule has 132 valence electrons. The van der Waals surface area contributed by atoms with Gasteiger partial charge in [-0.25, -0.2) is 0 Å². The third kappa shape index (κ3) is 4.62. The van der Waals surface area contributed by atoms with Crippen molar-refractivity contribution < 1.29 is 22.8 Å². The van der Waals surface area contributed by atoms with Gasteiger partial charge in [0.05, 0.1) is 0 Å². The van der Waals surface area contributed by atoms with Gasteiger partial charge in [-0.05, 0) is 31.2 Å². The van der Waals surface area contributed by atoms with Gasteiger partial charge in [0.2, 0.25) is 6.41 Å². The standard InChI is InChI=1S/C16H20F3N3O2/c1-2-21(11-16(17,18)19)15(24)13-3-5-14(6-4-13)22-9-7-20(12-23)8-10-22/h3-6,12H,2,7-11H2,1H3. The predicted octanol–water partition coefficient (Wildman–Crippen LogP) is 1.99. The molecule has 5 nitrogen and oxygen atoms in total. The topological polar surface area (TPSA) is 43.9 Å². The molecule has 0 radical (unpaired) electrons. The molecule has 0 N–H and O–H groups in total. The van der Waals surface area contributed by atoms with Crippen LogP contribution in [0, 0.1) is 0 Å². The van der Waals surface area contributed by atoms with Crippen molar-refractivity contribution in [3.05, 3.63) is 29.8 Å². The molecule has 0 atom stereocenters. The molecule has 0 bridgehead atoms. The Labute approximate surface area is 138 Å². The van der Waals surface area contributed by atoms with E-state index in [1.165, 1.54) is 6.92 Å². The SMILES string of the molecule is CCN(CC(F)(F)F)C(=O)c1ccc(N2CCN(C=O)CC2)cc1. The Morgan fingerprint density at radius 1 is 1.17 bits per heavy atom. The lowest BCUT2D eigenvalue weighted by atomic mass is 10.1. The van der Waals surface area contributed by atoms with Crippen LogP contribution in [0.25, 0.3) is 0 Å². The number of carbonyl (C=O) groups excluding carboxylic acids is 2. The molecular weight excluding hydrogens is 323 g/mol. The Morgan fingerprint density at radius 3 is 2.21 bits per heavy atom. The van der Waals surface area contributed by atoms with E-state index in [1.807, 2.05) is 0 Å². The maximum atomic E-state index is 12.5. The second-order valence-electron chi connectivity index (χ2n) is 5.61. The van der Waals surface area contributed by atoms with Gasteiger partial charge in [0, 0.05) is 44.0 Å². The first-order valence-electron chi connectivity index (χ1n) is 7.74. The number of anilines is 1. The number of nitrogens with zero attached hydrogens (tertiary/aromatic N) is 3. The van der Waals surface area contributed by atoms with Crippen LogP contribution in [0.5, 0.6) is 0 Å². The first kappa shape index (κ1) is 18.1. The summed E-state index contributed by atoms with van der Waals surface area (Å²) in [5.74, 6) is -0.632. The van der Waals surface area contributed by atoms with Crippen molar-refractivity contribution in [1.29, 1.82) is 0 Å². The molecular formula is C16H20F3N3O2. The van der Waals surface area contributed by atoms with Gasteiger partial charge in [0.1, 0.15) is 6.54 Å². The van der Waals surface area contributed by atoms with Crippen molar-refractivity contribution in [2.45, 2.75) is 13.1 Å². The summed E-state index contributed by atoms with van der Waals surface area (Å²) in [7, 11) is 0. The molecule has 0 spiro atoms. The van der Waals surface area contributed by atoms with E-state index >= 15 is 0 Å². The molecule has 0 aliphatic carbocycles. The van der Waals surface area contributed by atoms with Crippen molar-refractivity contribution >= 4 is 18.0 Å². The van der Waals surface area contributed by atoms with Crippen molar-refractivity contribution in [1.82, 2.24) is 9.80 Å². The van der Waals surface area contributed by atoms with Crippen molar-refractivity contribution in [2.75, 3.05) is 44.2 Å². The van der Waals surface area contributed by atoms with Crippen LogP contribution in [-0.4, -0.2) is 67.6 Å². The van der Waals surface area contributed by atoms with E-state index in [-0.39, 0.29) is 12.1 Å². The number of piperazine rings is 1. The zero-order valence-corrected chi connectivity index (χ0v) is 13.4. The van der Waals surface area contributed by atoms with E-state index in [0.29, 0.717) is 26.2 Å². The molecule has 2 amide bonds. The number of halogens is 3. The van der Waals surface area contributed by atoms with Crippen molar-refractivity contribution in [3.63, 3.8) is 0 Å². The molecule has 1 saturated heterocycles. The third-order valence-electron chi connectivity index (χ3n) is 3.98. The molecule has 0 unspecified atom stereocenters. The van der Waals surface area contributed by atoms with Crippen LogP contribution in [0.4, 0.5) is 18.9 Å². The number of carbonyl (C=O) groups is 2. The minimum absolute atomic E-state index is 0.00620. The van der Waals surface area contributed by atoms with Crippen molar-refractivity contribution in [3.8, 4) is 0 Å². The predicted molar refractivity (Wildman–Crippen MR) is 83.9 cm³/mol. The monoisotopic (exact) mass is 343 g/mol. The van der Waals surface area contributed by atoms with Crippen LogP contribution in [-0.2, 0) is 4.79 Å². The smallest absolute Gasteiger partial charge is 0.368 e. The Balaban J connectivity index is 2.03. The molecule has 24 heavy (non-hydrogen) atoms. The lowest BCUT2D eigenvalue weighted by molar-refractivity contribution is -0.140. The maximum Gasteiger partial charge on any atom is 0.406 e. The normalized spacial score (nSPS) is 15.3. The lowest BCUT2D eigenvalue weighted by Gasteiger charge is -2.34. The molecule has 0 aromatic heterocycles. The minimum atomic E-state index is -4.41. The molecule has 1 heterocycles. The fourth-order valence-corrected chi connectivity index (χ4v) is 2.63. The maximum absolute atomic E-state index is 12.5. The van der Waals surface area contributed by atoms with E-state index < -0.39 is 18.6 Å². The third-order valence-corrected chi connectivity index (χ3v) is 3.98. The Bertz CT molecular complexity index is 567. The molecule has 8 heteroatoms. The van der Waals surface area contributed by atoms with Crippen LogP contribution in [0.2, 0.25) is 0 Å². The second kappa shape index (κ2) is 7.55. The average molecular weight is 343 g/mol. The lowest BCUT2D eigenvalue weighted by Crippen LogP contribution is -2.45. The summed E-state index contributed by atoms with van der Waals surface area (Å²) in [5, 5.41) is 0.